The van der Waals surface area contributed by atoms with Gasteiger partial charge >= 0.3 is 0 Å². The van der Waals surface area contributed by atoms with Crippen LogP contribution in [0.3, 0.4) is 0 Å². The van der Waals surface area contributed by atoms with Crippen LogP contribution in [-0.2, 0) is 6.54 Å². The normalized spacial score (nSPS) is 10.1. The maximum Gasteiger partial charge on any atom is 0.148 e. The first kappa shape index (κ1) is 10.6. The van der Waals surface area contributed by atoms with Gasteiger partial charge in [0.15, 0.2) is 0 Å². The van der Waals surface area contributed by atoms with Gasteiger partial charge in [-0.3, -0.25) is 4.98 Å². The molecule has 82 valence electrons. The predicted molar refractivity (Wildman–Crippen MR) is 64.4 cm³/mol. The SMILES string of the molecule is Cc1ccc(Nc2cnccn2)c(CN)c1. The molecule has 1 aromatic heterocycles. The number of aromatic nitrogens is 2. The Morgan fingerprint density at radius 1 is 1.31 bits per heavy atom. The average molecular weight is 214 g/mol. The summed E-state index contributed by atoms with van der Waals surface area (Å²) >= 11 is 0. The summed E-state index contributed by atoms with van der Waals surface area (Å²) in [5, 5.41) is 3.20. The van der Waals surface area contributed by atoms with E-state index in [0.717, 1.165) is 17.1 Å². The van der Waals surface area contributed by atoms with Gasteiger partial charge in [0, 0.05) is 24.6 Å². The Labute approximate surface area is 94.5 Å². The summed E-state index contributed by atoms with van der Waals surface area (Å²) in [6, 6.07) is 6.11. The zero-order chi connectivity index (χ0) is 11.4. The number of benzene rings is 1. The highest BCUT2D eigenvalue weighted by atomic mass is 15.0. The maximum absolute atomic E-state index is 5.70. The van der Waals surface area contributed by atoms with Crippen molar-refractivity contribution in [2.45, 2.75) is 13.5 Å². The fraction of sp³-hybridized carbons (Fsp3) is 0.167. The molecule has 4 heteroatoms. The first-order valence-corrected chi connectivity index (χ1v) is 5.12. The summed E-state index contributed by atoms with van der Waals surface area (Å²) in [7, 11) is 0. The summed E-state index contributed by atoms with van der Waals surface area (Å²) in [4.78, 5) is 8.16. The molecular weight excluding hydrogens is 200 g/mol. The molecule has 0 unspecified atom stereocenters. The van der Waals surface area contributed by atoms with Crippen molar-refractivity contribution in [3.63, 3.8) is 0 Å². The van der Waals surface area contributed by atoms with Crippen LogP contribution < -0.4 is 11.1 Å². The molecule has 1 heterocycles. The van der Waals surface area contributed by atoms with E-state index in [1.54, 1.807) is 18.6 Å². The molecule has 0 fully saturated rings. The third-order valence-electron chi connectivity index (χ3n) is 2.31. The van der Waals surface area contributed by atoms with E-state index in [-0.39, 0.29) is 0 Å². The van der Waals surface area contributed by atoms with Crippen LogP contribution in [0.5, 0.6) is 0 Å². The summed E-state index contributed by atoms with van der Waals surface area (Å²) in [6.07, 6.45) is 4.98. The summed E-state index contributed by atoms with van der Waals surface area (Å²) in [5.74, 6) is 0.723. The second-order valence-corrected chi connectivity index (χ2v) is 3.58. The Morgan fingerprint density at radius 3 is 2.88 bits per heavy atom. The quantitative estimate of drug-likeness (QED) is 0.820. The van der Waals surface area contributed by atoms with E-state index < -0.39 is 0 Å². The summed E-state index contributed by atoms with van der Waals surface area (Å²) < 4.78 is 0. The van der Waals surface area contributed by atoms with E-state index in [2.05, 4.69) is 21.4 Å². The van der Waals surface area contributed by atoms with Gasteiger partial charge in [0.05, 0.1) is 6.20 Å². The highest BCUT2D eigenvalue weighted by molar-refractivity contribution is 5.60. The number of aryl methyl sites for hydroxylation is 1. The van der Waals surface area contributed by atoms with E-state index >= 15 is 0 Å². The molecular formula is C12H14N4. The molecule has 0 atom stereocenters. The lowest BCUT2D eigenvalue weighted by atomic mass is 10.1. The third kappa shape index (κ3) is 2.35. The van der Waals surface area contributed by atoms with Crippen LogP contribution in [0.25, 0.3) is 0 Å². The number of nitrogens with zero attached hydrogens (tertiary/aromatic N) is 2. The number of rotatable bonds is 3. The Balaban J connectivity index is 2.28. The molecule has 4 nitrogen and oxygen atoms in total. The zero-order valence-corrected chi connectivity index (χ0v) is 9.14. The molecule has 0 radical (unpaired) electrons. The molecule has 0 aliphatic heterocycles. The van der Waals surface area contributed by atoms with Gasteiger partial charge < -0.3 is 11.1 Å². The van der Waals surface area contributed by atoms with Crippen LogP contribution in [0.4, 0.5) is 11.5 Å². The standard InChI is InChI=1S/C12H14N4/c1-9-2-3-11(10(6-9)7-13)16-12-8-14-4-5-15-12/h2-6,8H,7,13H2,1H3,(H,15,16). The maximum atomic E-state index is 5.70. The zero-order valence-electron chi connectivity index (χ0n) is 9.14. The van der Waals surface area contributed by atoms with Gasteiger partial charge in [0.25, 0.3) is 0 Å². The van der Waals surface area contributed by atoms with Gasteiger partial charge in [-0.2, -0.15) is 0 Å². The van der Waals surface area contributed by atoms with Crippen molar-refractivity contribution in [2.75, 3.05) is 5.32 Å². The molecule has 0 saturated carbocycles. The van der Waals surface area contributed by atoms with Gasteiger partial charge in [0.2, 0.25) is 0 Å². The van der Waals surface area contributed by atoms with Crippen molar-refractivity contribution in [2.24, 2.45) is 5.73 Å². The topological polar surface area (TPSA) is 63.8 Å². The van der Waals surface area contributed by atoms with E-state index in [0.29, 0.717) is 6.54 Å². The Hall–Kier alpha value is -1.94. The molecule has 0 bridgehead atoms. The van der Waals surface area contributed by atoms with Gasteiger partial charge in [-0.05, 0) is 18.6 Å². The van der Waals surface area contributed by atoms with Crippen LogP contribution in [0.1, 0.15) is 11.1 Å². The molecule has 3 N–H and O–H groups in total. The molecule has 0 aliphatic carbocycles. The molecule has 0 aliphatic rings. The largest absolute Gasteiger partial charge is 0.339 e. The monoisotopic (exact) mass is 214 g/mol. The average Bonchev–Trinajstić information content (AvgIpc) is 2.33. The van der Waals surface area contributed by atoms with E-state index in [1.165, 1.54) is 5.56 Å². The number of hydrogen-bond donors (Lipinski definition) is 2. The fourth-order valence-corrected chi connectivity index (χ4v) is 1.51. The molecule has 0 saturated heterocycles. The van der Waals surface area contributed by atoms with Crippen molar-refractivity contribution in [3.8, 4) is 0 Å². The van der Waals surface area contributed by atoms with Crippen LogP contribution in [0.2, 0.25) is 0 Å². The Kier molecular flexibility index (Phi) is 3.12. The van der Waals surface area contributed by atoms with Crippen molar-refractivity contribution in [1.29, 1.82) is 0 Å². The minimum absolute atomic E-state index is 0.504. The minimum atomic E-state index is 0.504. The van der Waals surface area contributed by atoms with Crippen LogP contribution in [-0.4, -0.2) is 9.97 Å². The van der Waals surface area contributed by atoms with E-state index in [9.17, 15) is 0 Å². The molecule has 2 rings (SSSR count). The summed E-state index contributed by atoms with van der Waals surface area (Å²) in [6.45, 7) is 2.55. The second kappa shape index (κ2) is 4.72. The molecule has 16 heavy (non-hydrogen) atoms. The highest BCUT2D eigenvalue weighted by Crippen LogP contribution is 2.19. The van der Waals surface area contributed by atoms with Crippen molar-refractivity contribution < 1.29 is 0 Å². The fourth-order valence-electron chi connectivity index (χ4n) is 1.51. The highest BCUT2D eigenvalue weighted by Gasteiger charge is 2.02. The van der Waals surface area contributed by atoms with Gasteiger partial charge in [-0.25, -0.2) is 4.98 Å². The first-order valence-electron chi connectivity index (χ1n) is 5.12. The Bertz CT molecular complexity index is 468. The lowest BCUT2D eigenvalue weighted by molar-refractivity contribution is 1.06. The number of anilines is 2. The van der Waals surface area contributed by atoms with Crippen LogP contribution in [0, 0.1) is 6.92 Å². The van der Waals surface area contributed by atoms with Crippen molar-refractivity contribution in [1.82, 2.24) is 9.97 Å². The first-order chi connectivity index (χ1) is 7.79. The number of nitrogens with two attached hydrogens (primary N) is 1. The predicted octanol–water partition coefficient (Wildman–Crippen LogP) is 1.99. The second-order valence-electron chi connectivity index (χ2n) is 3.58. The van der Waals surface area contributed by atoms with Gasteiger partial charge in [-0.1, -0.05) is 17.7 Å². The lowest BCUT2D eigenvalue weighted by Gasteiger charge is -2.10. The van der Waals surface area contributed by atoms with E-state index in [4.69, 9.17) is 5.73 Å². The van der Waals surface area contributed by atoms with Gasteiger partial charge in [0.1, 0.15) is 5.82 Å². The summed E-state index contributed by atoms with van der Waals surface area (Å²) in [5.41, 5.74) is 8.95. The Morgan fingerprint density at radius 2 is 2.19 bits per heavy atom. The molecule has 2 aromatic rings. The van der Waals surface area contributed by atoms with Crippen LogP contribution in [0.15, 0.2) is 36.8 Å². The van der Waals surface area contributed by atoms with Crippen molar-refractivity contribution in [3.05, 3.63) is 47.9 Å². The third-order valence-corrected chi connectivity index (χ3v) is 2.31. The molecule has 0 amide bonds. The smallest absolute Gasteiger partial charge is 0.148 e. The van der Waals surface area contributed by atoms with E-state index in [1.807, 2.05) is 19.1 Å². The lowest BCUT2D eigenvalue weighted by Crippen LogP contribution is -2.03. The minimum Gasteiger partial charge on any atom is -0.339 e. The van der Waals surface area contributed by atoms with Gasteiger partial charge in [-0.15, -0.1) is 0 Å². The van der Waals surface area contributed by atoms with Crippen LogP contribution >= 0.6 is 0 Å². The molecule has 1 aromatic carbocycles. The number of nitrogens with one attached hydrogen (secondary N) is 1. The van der Waals surface area contributed by atoms with Crippen molar-refractivity contribution >= 4 is 11.5 Å². The number of hydrogen-bond acceptors (Lipinski definition) is 4. The molecule has 0 spiro atoms.